The molecule has 2 aliphatic carbocycles. The monoisotopic (exact) mass is 402 g/mol. The van der Waals surface area contributed by atoms with Crippen molar-refractivity contribution in [2.75, 3.05) is 0 Å². The van der Waals surface area contributed by atoms with E-state index in [1.165, 1.54) is 0 Å². The lowest BCUT2D eigenvalue weighted by Gasteiger charge is -2.56. The molecule has 29 heavy (non-hydrogen) atoms. The minimum Gasteiger partial charge on any atom is -0.461 e. The maximum absolute atomic E-state index is 11.4. The highest BCUT2D eigenvalue weighted by atomic mass is 16.7. The number of allylic oxidation sites excluding steroid dienone is 1. The molecule has 4 rings (SSSR count). The van der Waals surface area contributed by atoms with Crippen LogP contribution in [-0.2, 0) is 9.47 Å². The lowest BCUT2D eigenvalue weighted by molar-refractivity contribution is -0.193. The van der Waals surface area contributed by atoms with E-state index in [1.807, 2.05) is 19.1 Å². The molecule has 0 spiro atoms. The van der Waals surface area contributed by atoms with Crippen molar-refractivity contribution in [3.63, 3.8) is 0 Å². The van der Waals surface area contributed by atoms with Gasteiger partial charge in [0.2, 0.25) is 6.29 Å². The number of hydrogen-bond acceptors (Lipinski definition) is 4. The van der Waals surface area contributed by atoms with Gasteiger partial charge < -0.3 is 19.0 Å². The summed E-state index contributed by atoms with van der Waals surface area (Å²) in [4.78, 5) is 0. The van der Waals surface area contributed by atoms with Gasteiger partial charge in [-0.1, -0.05) is 46.3 Å². The SMILES string of the molecule is C=C(C)C(C)(C)C1[C@@H](CC)C2C[C@H]3OC(c4ccc(C)o4)O[C@@]3(C)[C@@]2(C)C[C@@H]1O. The minimum absolute atomic E-state index is 0.0147. The van der Waals surface area contributed by atoms with Crippen LogP contribution in [0.15, 0.2) is 28.7 Å². The van der Waals surface area contributed by atoms with E-state index < -0.39 is 11.9 Å². The third-order valence-corrected chi connectivity index (χ3v) is 9.10. The number of rotatable bonds is 4. The lowest BCUT2D eigenvalue weighted by atomic mass is 9.50. The largest absolute Gasteiger partial charge is 0.461 e. The Morgan fingerprint density at radius 3 is 2.55 bits per heavy atom. The van der Waals surface area contributed by atoms with Gasteiger partial charge >= 0.3 is 0 Å². The zero-order valence-electron chi connectivity index (χ0n) is 19.1. The Morgan fingerprint density at radius 2 is 2.00 bits per heavy atom. The number of ether oxygens (including phenoxy) is 2. The number of hydrogen-bond donors (Lipinski definition) is 1. The molecular weight excluding hydrogens is 364 g/mol. The molecule has 4 heteroatoms. The van der Waals surface area contributed by atoms with Gasteiger partial charge in [-0.15, -0.1) is 0 Å². The number of aliphatic hydroxyl groups is 1. The van der Waals surface area contributed by atoms with E-state index in [2.05, 4.69) is 48.1 Å². The summed E-state index contributed by atoms with van der Waals surface area (Å²) in [6, 6.07) is 3.89. The van der Waals surface area contributed by atoms with Gasteiger partial charge in [0.05, 0.1) is 12.2 Å². The second-order valence-electron chi connectivity index (χ2n) is 10.8. The van der Waals surface area contributed by atoms with Crippen LogP contribution in [0.3, 0.4) is 0 Å². The molecule has 1 N–H and O–H groups in total. The zero-order valence-corrected chi connectivity index (χ0v) is 19.1. The van der Waals surface area contributed by atoms with Crippen LogP contribution in [0.1, 0.15) is 78.6 Å². The molecule has 2 heterocycles. The summed E-state index contributed by atoms with van der Waals surface area (Å²) in [5.74, 6) is 2.67. The second-order valence-corrected chi connectivity index (χ2v) is 10.8. The predicted molar refractivity (Wildman–Crippen MR) is 113 cm³/mol. The molecule has 1 aromatic heterocycles. The molecule has 162 valence electrons. The van der Waals surface area contributed by atoms with Crippen molar-refractivity contribution in [1.82, 2.24) is 0 Å². The van der Waals surface area contributed by atoms with Gasteiger partial charge in [0.25, 0.3) is 0 Å². The van der Waals surface area contributed by atoms with Crippen molar-refractivity contribution in [2.45, 2.75) is 91.8 Å². The summed E-state index contributed by atoms with van der Waals surface area (Å²) in [6.45, 7) is 19.5. The molecule has 0 radical (unpaired) electrons. The highest BCUT2D eigenvalue weighted by molar-refractivity contribution is 5.21. The molecule has 1 aromatic rings. The molecule has 0 amide bonds. The van der Waals surface area contributed by atoms with Crippen molar-refractivity contribution in [3.05, 3.63) is 35.8 Å². The van der Waals surface area contributed by atoms with E-state index in [0.29, 0.717) is 11.8 Å². The average molecular weight is 403 g/mol. The van der Waals surface area contributed by atoms with Gasteiger partial charge in [-0.25, -0.2) is 0 Å². The van der Waals surface area contributed by atoms with Gasteiger partial charge in [0.1, 0.15) is 11.4 Å². The molecule has 3 unspecified atom stereocenters. The highest BCUT2D eigenvalue weighted by Gasteiger charge is 2.70. The standard InChI is InChI=1S/C25H38O4/c1-9-16-17-12-20-25(8,29-22(28-20)19-11-10-15(4)27-19)24(17,7)13-18(26)21(16)23(5,6)14(2)3/h10-11,16-18,20-22,26H,2,9,12-13H2,1,3-8H3/t16-,17?,18-,20+,21?,22?,24-,25+/m0/s1. The van der Waals surface area contributed by atoms with Crippen LogP contribution in [0.4, 0.5) is 0 Å². The number of aryl methyl sites for hydroxylation is 1. The van der Waals surface area contributed by atoms with Crippen LogP contribution in [0.25, 0.3) is 0 Å². The molecule has 1 saturated heterocycles. The Balaban J connectivity index is 1.67. The van der Waals surface area contributed by atoms with Crippen LogP contribution in [-0.4, -0.2) is 22.9 Å². The predicted octanol–water partition coefficient (Wildman–Crippen LogP) is 5.80. The summed E-state index contributed by atoms with van der Waals surface area (Å²) >= 11 is 0. The van der Waals surface area contributed by atoms with Crippen molar-refractivity contribution < 1.29 is 19.0 Å². The maximum Gasteiger partial charge on any atom is 0.218 e. The normalized spacial score (nSPS) is 44.6. The lowest BCUT2D eigenvalue weighted by Crippen LogP contribution is -2.57. The Morgan fingerprint density at radius 1 is 1.31 bits per heavy atom. The molecule has 4 nitrogen and oxygen atoms in total. The van der Waals surface area contributed by atoms with E-state index in [4.69, 9.17) is 13.9 Å². The summed E-state index contributed by atoms with van der Waals surface area (Å²) < 4.78 is 18.8. The number of fused-ring (bicyclic) bond motifs is 3. The van der Waals surface area contributed by atoms with Crippen molar-refractivity contribution in [3.8, 4) is 0 Å². The first-order valence-corrected chi connectivity index (χ1v) is 11.2. The molecule has 0 bridgehead atoms. The highest BCUT2D eigenvalue weighted by Crippen LogP contribution is 2.68. The molecule has 1 aliphatic heterocycles. The smallest absolute Gasteiger partial charge is 0.218 e. The van der Waals surface area contributed by atoms with Gasteiger partial charge in [-0.05, 0) is 68.9 Å². The van der Waals surface area contributed by atoms with Crippen LogP contribution in [0.2, 0.25) is 0 Å². The van der Waals surface area contributed by atoms with Crippen LogP contribution < -0.4 is 0 Å². The van der Waals surface area contributed by atoms with Crippen molar-refractivity contribution in [2.24, 2.45) is 28.6 Å². The fraction of sp³-hybridized carbons (Fsp3) is 0.760. The molecule has 8 atom stereocenters. The van der Waals surface area contributed by atoms with Crippen LogP contribution in [0.5, 0.6) is 0 Å². The molecule has 0 aromatic carbocycles. The molecule has 3 aliphatic rings. The Bertz CT molecular complexity index is 794. The van der Waals surface area contributed by atoms with E-state index in [-0.39, 0.29) is 29.0 Å². The Hall–Kier alpha value is -1.10. The molecular formula is C25H38O4. The van der Waals surface area contributed by atoms with E-state index in [9.17, 15) is 5.11 Å². The van der Waals surface area contributed by atoms with Gasteiger partial charge in [0, 0.05) is 5.41 Å². The topological polar surface area (TPSA) is 51.8 Å². The Labute approximate surface area is 175 Å². The summed E-state index contributed by atoms with van der Waals surface area (Å²) in [6.07, 6.45) is 1.92. The minimum atomic E-state index is -0.460. The van der Waals surface area contributed by atoms with Crippen LogP contribution >= 0.6 is 0 Å². The first kappa shape index (κ1) is 21.1. The van der Waals surface area contributed by atoms with E-state index in [0.717, 1.165) is 36.4 Å². The second kappa shape index (κ2) is 6.70. The van der Waals surface area contributed by atoms with E-state index in [1.54, 1.807) is 0 Å². The first-order chi connectivity index (χ1) is 13.5. The van der Waals surface area contributed by atoms with Crippen molar-refractivity contribution in [1.29, 1.82) is 0 Å². The fourth-order valence-corrected chi connectivity index (χ4v) is 6.89. The average Bonchev–Trinajstić information content (AvgIpc) is 3.25. The summed E-state index contributed by atoms with van der Waals surface area (Å²) in [7, 11) is 0. The van der Waals surface area contributed by atoms with Crippen LogP contribution in [0, 0.1) is 35.5 Å². The summed E-state index contributed by atoms with van der Waals surface area (Å²) in [5.41, 5.74) is 0.468. The maximum atomic E-state index is 11.4. The quantitative estimate of drug-likeness (QED) is 0.647. The van der Waals surface area contributed by atoms with Gasteiger partial charge in [0.15, 0.2) is 5.76 Å². The van der Waals surface area contributed by atoms with E-state index >= 15 is 0 Å². The first-order valence-electron chi connectivity index (χ1n) is 11.2. The third kappa shape index (κ3) is 2.82. The Kier molecular flexibility index (Phi) is 4.88. The van der Waals surface area contributed by atoms with Crippen molar-refractivity contribution >= 4 is 0 Å². The van der Waals surface area contributed by atoms with Gasteiger partial charge in [-0.2, -0.15) is 0 Å². The molecule has 3 fully saturated rings. The number of furan rings is 1. The third-order valence-electron chi connectivity index (χ3n) is 9.10. The molecule has 2 saturated carbocycles. The number of aliphatic hydroxyl groups excluding tert-OH is 1. The summed E-state index contributed by atoms with van der Waals surface area (Å²) in [5, 5.41) is 11.4. The van der Waals surface area contributed by atoms with Gasteiger partial charge in [-0.3, -0.25) is 0 Å². The fourth-order valence-electron chi connectivity index (χ4n) is 6.89. The zero-order chi connectivity index (χ0) is 21.4.